The molecule has 0 aromatic heterocycles. The van der Waals surface area contributed by atoms with Crippen LogP contribution in [0.4, 0.5) is 4.79 Å². The maximum absolute atomic E-state index is 11.8. The molecule has 122 valence electrons. The lowest BCUT2D eigenvalue weighted by Crippen LogP contribution is -2.41. The lowest BCUT2D eigenvalue weighted by atomic mass is 10.1. The maximum atomic E-state index is 11.8. The van der Waals surface area contributed by atoms with E-state index in [0.29, 0.717) is 19.0 Å². The first-order valence-corrected chi connectivity index (χ1v) is 7.55. The van der Waals surface area contributed by atoms with Crippen LogP contribution in [0.15, 0.2) is 18.2 Å². The SMILES string of the molecule is CC(C)CNC(=O)NCC(c1ccc2c(c1)OCO2)N(C)C. The Kier molecular flexibility index (Phi) is 5.49. The van der Waals surface area contributed by atoms with Crippen molar-refractivity contribution in [2.24, 2.45) is 5.92 Å². The molecule has 0 saturated heterocycles. The molecule has 1 atom stereocenters. The van der Waals surface area contributed by atoms with E-state index < -0.39 is 0 Å². The third kappa shape index (κ3) is 4.27. The fourth-order valence-corrected chi connectivity index (χ4v) is 2.27. The topological polar surface area (TPSA) is 62.8 Å². The Hall–Kier alpha value is -1.95. The van der Waals surface area contributed by atoms with Gasteiger partial charge in [0.2, 0.25) is 6.79 Å². The Labute approximate surface area is 131 Å². The summed E-state index contributed by atoms with van der Waals surface area (Å²) in [5, 5.41) is 5.78. The van der Waals surface area contributed by atoms with Crippen LogP contribution in [0.3, 0.4) is 0 Å². The number of amides is 2. The molecule has 1 aromatic carbocycles. The van der Waals surface area contributed by atoms with Gasteiger partial charge in [0.05, 0.1) is 6.04 Å². The van der Waals surface area contributed by atoms with Gasteiger partial charge in [-0.25, -0.2) is 4.79 Å². The van der Waals surface area contributed by atoms with Crippen LogP contribution in [0.25, 0.3) is 0 Å². The van der Waals surface area contributed by atoms with Crippen LogP contribution >= 0.6 is 0 Å². The van der Waals surface area contributed by atoms with Crippen LogP contribution in [0.1, 0.15) is 25.5 Å². The van der Waals surface area contributed by atoms with E-state index in [9.17, 15) is 4.79 Å². The summed E-state index contributed by atoms with van der Waals surface area (Å²) in [6.45, 7) is 5.59. The molecule has 0 radical (unpaired) electrons. The van der Waals surface area contributed by atoms with E-state index in [2.05, 4.69) is 29.4 Å². The summed E-state index contributed by atoms with van der Waals surface area (Å²) in [5.41, 5.74) is 1.08. The van der Waals surface area contributed by atoms with Crippen LogP contribution in [-0.2, 0) is 0 Å². The zero-order chi connectivity index (χ0) is 16.1. The van der Waals surface area contributed by atoms with Crippen LogP contribution in [-0.4, -0.2) is 44.9 Å². The molecule has 1 aliphatic rings. The number of carbonyl (C=O) groups is 1. The van der Waals surface area contributed by atoms with Gasteiger partial charge >= 0.3 is 6.03 Å². The first kappa shape index (κ1) is 16.4. The number of likely N-dealkylation sites (N-methyl/N-ethyl adjacent to an activating group) is 1. The summed E-state index contributed by atoms with van der Waals surface area (Å²) in [6, 6.07) is 5.82. The number of rotatable bonds is 6. The molecule has 6 heteroatoms. The molecular weight excluding hydrogens is 282 g/mol. The first-order valence-electron chi connectivity index (χ1n) is 7.55. The second-order valence-corrected chi connectivity index (χ2v) is 6.08. The molecule has 2 amide bonds. The van der Waals surface area contributed by atoms with Crippen molar-refractivity contribution in [3.05, 3.63) is 23.8 Å². The van der Waals surface area contributed by atoms with E-state index >= 15 is 0 Å². The standard InChI is InChI=1S/C16H25N3O3/c1-11(2)8-17-16(20)18-9-13(19(3)4)12-5-6-14-15(7-12)22-10-21-14/h5-7,11,13H,8-10H2,1-4H3,(H2,17,18,20). The van der Waals surface area contributed by atoms with Gasteiger partial charge in [0.1, 0.15) is 0 Å². The highest BCUT2D eigenvalue weighted by Crippen LogP contribution is 2.34. The maximum Gasteiger partial charge on any atom is 0.314 e. The molecule has 1 unspecified atom stereocenters. The average molecular weight is 307 g/mol. The van der Waals surface area contributed by atoms with E-state index in [0.717, 1.165) is 17.1 Å². The molecular formula is C16H25N3O3. The van der Waals surface area contributed by atoms with E-state index in [1.807, 2.05) is 32.3 Å². The predicted molar refractivity (Wildman–Crippen MR) is 85.2 cm³/mol. The molecule has 1 heterocycles. The van der Waals surface area contributed by atoms with Crippen LogP contribution in [0.5, 0.6) is 11.5 Å². The minimum atomic E-state index is -0.138. The van der Waals surface area contributed by atoms with Crippen molar-refractivity contribution in [1.29, 1.82) is 0 Å². The van der Waals surface area contributed by atoms with Gasteiger partial charge in [0, 0.05) is 13.1 Å². The summed E-state index contributed by atoms with van der Waals surface area (Å²) in [4.78, 5) is 13.9. The fourth-order valence-electron chi connectivity index (χ4n) is 2.27. The fraction of sp³-hybridized carbons (Fsp3) is 0.562. The number of fused-ring (bicyclic) bond motifs is 1. The Morgan fingerprint density at radius 3 is 2.55 bits per heavy atom. The third-order valence-electron chi connectivity index (χ3n) is 3.53. The van der Waals surface area contributed by atoms with Crippen molar-refractivity contribution in [3.63, 3.8) is 0 Å². The number of hydrogen-bond acceptors (Lipinski definition) is 4. The van der Waals surface area contributed by atoms with Crippen LogP contribution < -0.4 is 20.1 Å². The Morgan fingerprint density at radius 1 is 1.18 bits per heavy atom. The monoisotopic (exact) mass is 307 g/mol. The summed E-state index contributed by atoms with van der Waals surface area (Å²) in [6.07, 6.45) is 0. The average Bonchev–Trinajstić information content (AvgIpc) is 2.92. The first-order chi connectivity index (χ1) is 10.5. The van der Waals surface area contributed by atoms with Crippen molar-refractivity contribution in [1.82, 2.24) is 15.5 Å². The molecule has 1 aromatic rings. The molecule has 2 rings (SSSR count). The van der Waals surface area contributed by atoms with E-state index in [1.165, 1.54) is 0 Å². The molecule has 22 heavy (non-hydrogen) atoms. The molecule has 0 bridgehead atoms. The molecule has 1 aliphatic heterocycles. The van der Waals surface area contributed by atoms with Crippen molar-refractivity contribution in [3.8, 4) is 11.5 Å². The van der Waals surface area contributed by atoms with Gasteiger partial charge < -0.3 is 25.0 Å². The summed E-state index contributed by atoms with van der Waals surface area (Å²) in [7, 11) is 3.98. The molecule has 2 N–H and O–H groups in total. The number of nitrogens with one attached hydrogen (secondary N) is 2. The summed E-state index contributed by atoms with van der Waals surface area (Å²) < 4.78 is 10.7. The lowest BCUT2D eigenvalue weighted by Gasteiger charge is -2.25. The third-order valence-corrected chi connectivity index (χ3v) is 3.53. The second kappa shape index (κ2) is 7.35. The zero-order valence-electron chi connectivity index (χ0n) is 13.7. The second-order valence-electron chi connectivity index (χ2n) is 6.08. The van der Waals surface area contributed by atoms with Gasteiger partial charge in [0.25, 0.3) is 0 Å². The minimum Gasteiger partial charge on any atom is -0.454 e. The number of hydrogen-bond donors (Lipinski definition) is 2. The molecule has 0 aliphatic carbocycles. The Bertz CT molecular complexity index is 517. The Morgan fingerprint density at radius 2 is 1.86 bits per heavy atom. The van der Waals surface area contributed by atoms with Crippen LogP contribution in [0, 0.1) is 5.92 Å². The number of nitrogens with zero attached hydrogens (tertiary/aromatic N) is 1. The van der Waals surface area contributed by atoms with E-state index in [4.69, 9.17) is 9.47 Å². The quantitative estimate of drug-likeness (QED) is 0.843. The molecule has 0 fully saturated rings. The van der Waals surface area contributed by atoms with Crippen molar-refractivity contribution < 1.29 is 14.3 Å². The van der Waals surface area contributed by atoms with Gasteiger partial charge in [0.15, 0.2) is 11.5 Å². The number of benzene rings is 1. The van der Waals surface area contributed by atoms with Gasteiger partial charge in [-0.05, 0) is 37.7 Å². The smallest absolute Gasteiger partial charge is 0.314 e. The van der Waals surface area contributed by atoms with Gasteiger partial charge in [-0.15, -0.1) is 0 Å². The predicted octanol–water partition coefficient (Wildman–Crippen LogP) is 1.97. The normalized spacial score (nSPS) is 14.3. The zero-order valence-corrected chi connectivity index (χ0v) is 13.7. The number of carbonyl (C=O) groups excluding carboxylic acids is 1. The van der Waals surface area contributed by atoms with Crippen molar-refractivity contribution in [2.75, 3.05) is 34.0 Å². The van der Waals surface area contributed by atoms with Gasteiger partial charge in [-0.2, -0.15) is 0 Å². The lowest BCUT2D eigenvalue weighted by molar-refractivity contribution is 0.174. The van der Waals surface area contributed by atoms with E-state index in [-0.39, 0.29) is 18.9 Å². The minimum absolute atomic E-state index is 0.0688. The van der Waals surface area contributed by atoms with Gasteiger partial charge in [-0.3, -0.25) is 0 Å². The largest absolute Gasteiger partial charge is 0.454 e. The Balaban J connectivity index is 1.97. The van der Waals surface area contributed by atoms with Crippen LogP contribution in [0.2, 0.25) is 0 Å². The summed E-state index contributed by atoms with van der Waals surface area (Å²) >= 11 is 0. The van der Waals surface area contributed by atoms with Gasteiger partial charge in [-0.1, -0.05) is 19.9 Å². The highest BCUT2D eigenvalue weighted by Gasteiger charge is 2.20. The number of ether oxygens (including phenoxy) is 2. The highest BCUT2D eigenvalue weighted by molar-refractivity contribution is 5.73. The van der Waals surface area contributed by atoms with E-state index in [1.54, 1.807) is 0 Å². The number of urea groups is 1. The molecule has 0 spiro atoms. The molecule has 6 nitrogen and oxygen atoms in total. The van der Waals surface area contributed by atoms with Crippen molar-refractivity contribution in [2.45, 2.75) is 19.9 Å². The highest BCUT2D eigenvalue weighted by atomic mass is 16.7. The van der Waals surface area contributed by atoms with Crippen molar-refractivity contribution >= 4 is 6.03 Å². The molecule has 0 saturated carbocycles. The summed E-state index contributed by atoms with van der Waals surface area (Å²) in [5.74, 6) is 1.96.